The van der Waals surface area contributed by atoms with Crippen LogP contribution in [0.5, 0.6) is 0 Å². The van der Waals surface area contributed by atoms with E-state index in [1.54, 1.807) is 0 Å². The smallest absolute Gasteiger partial charge is 0.159 e. The Morgan fingerprint density at radius 2 is 1.79 bits per heavy atom. The van der Waals surface area contributed by atoms with Gasteiger partial charge in [-0.05, 0) is 18.6 Å². The van der Waals surface area contributed by atoms with E-state index >= 15 is 0 Å². The predicted molar refractivity (Wildman–Crippen MR) is 63.8 cm³/mol. The van der Waals surface area contributed by atoms with E-state index in [1.165, 1.54) is 19.3 Å². The van der Waals surface area contributed by atoms with Crippen LogP contribution in [-0.4, -0.2) is 24.9 Å². The van der Waals surface area contributed by atoms with Crippen LogP contribution in [0.2, 0.25) is 0 Å². The first-order valence-corrected chi connectivity index (χ1v) is 5.95. The molecule has 2 nitrogen and oxygen atoms in total. The Labute approximate surface area is 93.0 Å². The minimum Gasteiger partial charge on any atom is -0.485 e. The molecule has 0 aromatic rings. The number of rotatable bonds is 9. The summed E-state index contributed by atoms with van der Waals surface area (Å²) >= 11 is 4.91. The molecule has 0 heterocycles. The van der Waals surface area contributed by atoms with Crippen LogP contribution in [0, 0.1) is 0 Å². The first-order chi connectivity index (χ1) is 6.81. The van der Waals surface area contributed by atoms with E-state index in [2.05, 4.69) is 6.92 Å². The largest absolute Gasteiger partial charge is 0.485 e. The van der Waals surface area contributed by atoms with E-state index in [1.807, 2.05) is 6.92 Å². The summed E-state index contributed by atoms with van der Waals surface area (Å²) in [5, 5.41) is 0.680. The number of unbranched alkanes of at least 4 members (excludes halogenated alkanes) is 3. The van der Waals surface area contributed by atoms with Crippen LogP contribution in [-0.2, 0) is 9.47 Å². The van der Waals surface area contributed by atoms with Crippen molar-refractivity contribution in [2.24, 2.45) is 0 Å². The third kappa shape index (κ3) is 9.93. The van der Waals surface area contributed by atoms with Crippen LogP contribution >= 0.6 is 12.2 Å². The van der Waals surface area contributed by atoms with Crippen molar-refractivity contribution >= 4 is 17.3 Å². The quantitative estimate of drug-likeness (QED) is 0.437. The van der Waals surface area contributed by atoms with Crippen LogP contribution in [0.1, 0.15) is 46.0 Å². The van der Waals surface area contributed by atoms with Crippen molar-refractivity contribution in [2.75, 3.05) is 19.8 Å². The lowest BCUT2D eigenvalue weighted by molar-refractivity contribution is 0.0940. The van der Waals surface area contributed by atoms with Crippen molar-refractivity contribution < 1.29 is 9.47 Å². The van der Waals surface area contributed by atoms with Crippen molar-refractivity contribution in [2.45, 2.75) is 46.0 Å². The van der Waals surface area contributed by atoms with Gasteiger partial charge >= 0.3 is 0 Å². The van der Waals surface area contributed by atoms with Gasteiger partial charge in [0.25, 0.3) is 0 Å². The Morgan fingerprint density at radius 3 is 2.43 bits per heavy atom. The minimum absolute atomic E-state index is 0.598. The van der Waals surface area contributed by atoms with Crippen LogP contribution in [0.25, 0.3) is 0 Å². The lowest BCUT2D eigenvalue weighted by Gasteiger charge is -2.06. The molecule has 0 aromatic carbocycles. The van der Waals surface area contributed by atoms with Gasteiger partial charge in [-0.15, -0.1) is 0 Å². The molecule has 0 aliphatic carbocycles. The molecular formula is C11H22O2S. The third-order valence-corrected chi connectivity index (χ3v) is 2.33. The maximum atomic E-state index is 5.39. The van der Waals surface area contributed by atoms with Crippen LogP contribution in [0.4, 0.5) is 0 Å². The molecular weight excluding hydrogens is 196 g/mol. The fourth-order valence-electron chi connectivity index (χ4n) is 1.05. The Bertz CT molecular complexity index is 137. The van der Waals surface area contributed by atoms with Crippen LogP contribution in [0.15, 0.2) is 0 Å². The van der Waals surface area contributed by atoms with Crippen LogP contribution < -0.4 is 0 Å². The Hall–Kier alpha value is -0.150. The van der Waals surface area contributed by atoms with E-state index in [-0.39, 0.29) is 0 Å². The summed E-state index contributed by atoms with van der Waals surface area (Å²) in [7, 11) is 0. The second kappa shape index (κ2) is 10.9. The second-order valence-corrected chi connectivity index (χ2v) is 3.70. The molecule has 0 unspecified atom stereocenters. The van der Waals surface area contributed by atoms with E-state index in [0.29, 0.717) is 18.3 Å². The standard InChI is InChI=1S/C11H22O2S/c1-3-5-6-7-8-12-9-10-13-11(14)4-2/h3-10H2,1-2H3. The van der Waals surface area contributed by atoms with Crippen molar-refractivity contribution in [3.8, 4) is 0 Å². The zero-order chi connectivity index (χ0) is 10.6. The van der Waals surface area contributed by atoms with Crippen molar-refractivity contribution in [1.29, 1.82) is 0 Å². The second-order valence-electron chi connectivity index (χ2n) is 3.25. The van der Waals surface area contributed by atoms with Gasteiger partial charge in [-0.25, -0.2) is 0 Å². The fourth-order valence-corrected chi connectivity index (χ4v) is 1.13. The Kier molecular flexibility index (Phi) is 10.8. The van der Waals surface area contributed by atoms with E-state index < -0.39 is 0 Å². The molecule has 3 heteroatoms. The summed E-state index contributed by atoms with van der Waals surface area (Å²) in [4.78, 5) is 0. The highest BCUT2D eigenvalue weighted by Gasteiger charge is 1.93. The summed E-state index contributed by atoms with van der Waals surface area (Å²) in [6.45, 7) is 6.31. The van der Waals surface area contributed by atoms with Gasteiger partial charge in [-0.3, -0.25) is 0 Å². The highest BCUT2D eigenvalue weighted by Crippen LogP contribution is 1.98. The van der Waals surface area contributed by atoms with Gasteiger partial charge in [0.15, 0.2) is 5.05 Å². The molecule has 0 radical (unpaired) electrons. The van der Waals surface area contributed by atoms with Gasteiger partial charge in [0.2, 0.25) is 0 Å². The summed E-state index contributed by atoms with van der Waals surface area (Å²) in [6.07, 6.45) is 5.82. The van der Waals surface area contributed by atoms with Gasteiger partial charge in [0, 0.05) is 13.0 Å². The van der Waals surface area contributed by atoms with Gasteiger partial charge in [-0.2, -0.15) is 0 Å². The van der Waals surface area contributed by atoms with Gasteiger partial charge in [0.05, 0.1) is 6.61 Å². The average molecular weight is 218 g/mol. The molecule has 0 amide bonds. The van der Waals surface area contributed by atoms with Gasteiger partial charge in [0.1, 0.15) is 6.61 Å². The van der Waals surface area contributed by atoms with Gasteiger partial charge in [-0.1, -0.05) is 33.1 Å². The molecule has 0 spiro atoms. The predicted octanol–water partition coefficient (Wildman–Crippen LogP) is 3.34. The fraction of sp³-hybridized carbons (Fsp3) is 0.909. The molecule has 0 saturated heterocycles. The van der Waals surface area contributed by atoms with E-state index in [0.717, 1.165) is 19.4 Å². The first-order valence-electron chi connectivity index (χ1n) is 5.54. The summed E-state index contributed by atoms with van der Waals surface area (Å²) < 4.78 is 10.6. The monoisotopic (exact) mass is 218 g/mol. The normalized spacial score (nSPS) is 10.1. The topological polar surface area (TPSA) is 18.5 Å². The SMILES string of the molecule is CCCCCCOCCOC(=S)CC. The molecule has 0 aliphatic rings. The number of ether oxygens (including phenoxy) is 2. The maximum Gasteiger partial charge on any atom is 0.159 e. The van der Waals surface area contributed by atoms with Gasteiger partial charge < -0.3 is 9.47 Å². The average Bonchev–Trinajstić information content (AvgIpc) is 2.21. The lowest BCUT2D eigenvalue weighted by atomic mass is 10.2. The van der Waals surface area contributed by atoms with Crippen molar-refractivity contribution in [1.82, 2.24) is 0 Å². The molecule has 14 heavy (non-hydrogen) atoms. The zero-order valence-corrected chi connectivity index (χ0v) is 10.2. The molecule has 0 N–H and O–H groups in total. The maximum absolute atomic E-state index is 5.39. The first kappa shape index (κ1) is 13.8. The zero-order valence-electron chi connectivity index (χ0n) is 9.38. The minimum atomic E-state index is 0.598. The summed E-state index contributed by atoms with van der Waals surface area (Å²) in [5.41, 5.74) is 0. The Balaban J connectivity index is 2.95. The number of thiocarbonyl (C=S) groups is 1. The lowest BCUT2D eigenvalue weighted by Crippen LogP contribution is -2.08. The van der Waals surface area contributed by atoms with E-state index in [9.17, 15) is 0 Å². The molecule has 84 valence electrons. The van der Waals surface area contributed by atoms with Crippen molar-refractivity contribution in [3.05, 3.63) is 0 Å². The third-order valence-electron chi connectivity index (χ3n) is 1.92. The highest BCUT2D eigenvalue weighted by molar-refractivity contribution is 7.80. The molecule has 0 rings (SSSR count). The number of hydrogen-bond donors (Lipinski definition) is 0. The molecule has 0 fully saturated rings. The van der Waals surface area contributed by atoms with E-state index in [4.69, 9.17) is 21.7 Å². The molecule has 0 atom stereocenters. The molecule has 0 bridgehead atoms. The summed E-state index contributed by atoms with van der Waals surface area (Å²) in [5.74, 6) is 0. The molecule has 0 aromatic heterocycles. The van der Waals surface area contributed by atoms with Crippen LogP contribution in [0.3, 0.4) is 0 Å². The van der Waals surface area contributed by atoms with Crippen molar-refractivity contribution in [3.63, 3.8) is 0 Å². The number of hydrogen-bond acceptors (Lipinski definition) is 3. The highest BCUT2D eigenvalue weighted by atomic mass is 32.1. The summed E-state index contributed by atoms with van der Waals surface area (Å²) in [6, 6.07) is 0. The Morgan fingerprint density at radius 1 is 1.00 bits per heavy atom. The molecule has 0 saturated carbocycles. The molecule has 0 aliphatic heterocycles.